The van der Waals surface area contributed by atoms with E-state index in [1.165, 1.54) is 19.3 Å². The quantitative estimate of drug-likeness (QED) is 0.469. The number of ether oxygens (including phenoxy) is 1. The highest BCUT2D eigenvalue weighted by atomic mass is 35.5. The molecule has 24 heavy (non-hydrogen) atoms. The minimum absolute atomic E-state index is 0.0516. The van der Waals surface area contributed by atoms with E-state index < -0.39 is 5.97 Å². The molecule has 0 spiro atoms. The van der Waals surface area contributed by atoms with E-state index in [2.05, 4.69) is 5.16 Å². The molecule has 0 amide bonds. The van der Waals surface area contributed by atoms with Gasteiger partial charge in [0.2, 0.25) is 0 Å². The highest BCUT2D eigenvalue weighted by Crippen LogP contribution is 2.24. The van der Waals surface area contributed by atoms with E-state index in [9.17, 15) is 9.59 Å². The molecule has 6 heteroatoms. The zero-order chi connectivity index (χ0) is 17.9. The summed E-state index contributed by atoms with van der Waals surface area (Å²) < 4.78 is 5.12. The van der Waals surface area contributed by atoms with E-state index in [-0.39, 0.29) is 17.3 Å². The van der Waals surface area contributed by atoms with Gasteiger partial charge < -0.3 is 9.57 Å². The Hall–Kier alpha value is -2.40. The van der Waals surface area contributed by atoms with E-state index in [1.807, 2.05) is 13.8 Å². The number of hydrogen-bond donors (Lipinski definition) is 0. The molecule has 126 valence electrons. The second-order valence-corrected chi connectivity index (χ2v) is 6.08. The number of halogens is 1. The second kappa shape index (κ2) is 7.45. The van der Waals surface area contributed by atoms with Crippen molar-refractivity contribution in [3.05, 3.63) is 52.1 Å². The Balaban J connectivity index is 2.27. The lowest BCUT2D eigenvalue weighted by atomic mass is 9.90. The first-order valence-electron chi connectivity index (χ1n) is 7.41. The summed E-state index contributed by atoms with van der Waals surface area (Å²) in [6, 6.07) is 4.64. The maximum Gasteiger partial charge on any atom is 0.369 e. The molecule has 0 fully saturated rings. The predicted molar refractivity (Wildman–Crippen MR) is 92.5 cm³/mol. The number of rotatable bonds is 4. The SMILES string of the molecule is COc1ccc(Cl)cc1C(=O)O/N=C1/C=C(C(C)C)C(=O)C=C1C. The van der Waals surface area contributed by atoms with Crippen LogP contribution < -0.4 is 4.74 Å². The minimum atomic E-state index is -0.689. The van der Waals surface area contributed by atoms with E-state index in [1.54, 1.807) is 25.1 Å². The van der Waals surface area contributed by atoms with Gasteiger partial charge in [-0.1, -0.05) is 30.6 Å². The van der Waals surface area contributed by atoms with Crippen LogP contribution in [-0.2, 0) is 9.63 Å². The Kier molecular flexibility index (Phi) is 5.57. The molecule has 0 heterocycles. The Bertz CT molecular complexity index is 775. The fraction of sp³-hybridized carbons (Fsp3) is 0.278. The first-order valence-corrected chi connectivity index (χ1v) is 7.78. The van der Waals surface area contributed by atoms with Crippen LogP contribution in [0.3, 0.4) is 0 Å². The van der Waals surface area contributed by atoms with Crippen molar-refractivity contribution in [2.75, 3.05) is 7.11 Å². The fourth-order valence-corrected chi connectivity index (χ4v) is 2.39. The first kappa shape index (κ1) is 17.9. The van der Waals surface area contributed by atoms with Crippen LogP contribution in [0.2, 0.25) is 5.02 Å². The summed E-state index contributed by atoms with van der Waals surface area (Å²) in [6.07, 6.45) is 3.13. The van der Waals surface area contributed by atoms with Crippen molar-refractivity contribution >= 4 is 29.1 Å². The maximum absolute atomic E-state index is 12.2. The average Bonchev–Trinajstić information content (AvgIpc) is 2.53. The molecular formula is C18H18ClNO4. The Morgan fingerprint density at radius 3 is 2.58 bits per heavy atom. The molecule has 1 aliphatic carbocycles. The number of allylic oxidation sites excluding steroid dienone is 4. The van der Waals surface area contributed by atoms with Crippen LogP contribution in [0.15, 0.2) is 46.7 Å². The third-order valence-corrected chi connectivity index (χ3v) is 3.79. The molecule has 2 rings (SSSR count). The van der Waals surface area contributed by atoms with Crippen molar-refractivity contribution in [3.8, 4) is 5.75 Å². The number of nitrogens with zero attached hydrogens (tertiary/aromatic N) is 1. The number of benzene rings is 1. The molecule has 1 aliphatic rings. The first-order chi connectivity index (χ1) is 11.3. The minimum Gasteiger partial charge on any atom is -0.496 e. The Morgan fingerprint density at radius 1 is 1.25 bits per heavy atom. The standard InChI is InChI=1S/C18H18ClNO4/c1-10(2)13-9-15(11(3)7-16(13)21)20-24-18(22)14-8-12(19)5-6-17(14)23-4/h5-10H,1-4H3/b20-15-. The fourth-order valence-electron chi connectivity index (χ4n) is 2.22. The van der Waals surface area contributed by atoms with Crippen LogP contribution in [-0.4, -0.2) is 24.6 Å². The zero-order valence-corrected chi connectivity index (χ0v) is 14.7. The average molecular weight is 348 g/mol. The molecule has 0 bridgehead atoms. The van der Waals surface area contributed by atoms with Crippen molar-refractivity contribution in [1.29, 1.82) is 0 Å². The van der Waals surface area contributed by atoms with Gasteiger partial charge in [-0.05, 0) is 48.8 Å². The van der Waals surface area contributed by atoms with Crippen molar-refractivity contribution in [2.45, 2.75) is 20.8 Å². The number of carbonyl (C=O) groups is 2. The van der Waals surface area contributed by atoms with Crippen LogP contribution in [0.1, 0.15) is 31.1 Å². The van der Waals surface area contributed by atoms with E-state index in [4.69, 9.17) is 21.2 Å². The van der Waals surface area contributed by atoms with Gasteiger partial charge in [0.25, 0.3) is 0 Å². The topological polar surface area (TPSA) is 65.0 Å². The molecule has 0 saturated heterocycles. The number of carbonyl (C=O) groups excluding carboxylic acids is 2. The van der Waals surface area contributed by atoms with Crippen molar-refractivity contribution in [2.24, 2.45) is 11.1 Å². The molecule has 0 aliphatic heterocycles. The summed E-state index contributed by atoms with van der Waals surface area (Å²) in [6.45, 7) is 5.57. The summed E-state index contributed by atoms with van der Waals surface area (Å²) in [5.41, 5.74) is 1.87. The summed E-state index contributed by atoms with van der Waals surface area (Å²) >= 11 is 5.90. The third kappa shape index (κ3) is 3.92. The van der Waals surface area contributed by atoms with Crippen molar-refractivity contribution < 1.29 is 19.2 Å². The van der Waals surface area contributed by atoms with Gasteiger partial charge in [0.05, 0.1) is 7.11 Å². The molecule has 0 unspecified atom stereocenters. The number of ketones is 1. The molecule has 0 radical (unpaired) electrons. The monoisotopic (exact) mass is 347 g/mol. The van der Waals surface area contributed by atoms with Crippen molar-refractivity contribution in [3.63, 3.8) is 0 Å². The highest BCUT2D eigenvalue weighted by molar-refractivity contribution is 6.31. The van der Waals surface area contributed by atoms with Gasteiger partial charge in [-0.3, -0.25) is 4.79 Å². The number of methoxy groups -OCH3 is 1. The van der Waals surface area contributed by atoms with E-state index >= 15 is 0 Å². The van der Waals surface area contributed by atoms with Crippen LogP contribution in [0, 0.1) is 5.92 Å². The predicted octanol–water partition coefficient (Wildman–Crippen LogP) is 3.97. The van der Waals surface area contributed by atoms with Gasteiger partial charge in [-0.25, -0.2) is 4.79 Å². The van der Waals surface area contributed by atoms with Gasteiger partial charge in [0.15, 0.2) is 5.78 Å². The summed E-state index contributed by atoms with van der Waals surface area (Å²) in [5, 5.41) is 4.27. The van der Waals surface area contributed by atoms with Gasteiger partial charge in [0, 0.05) is 10.6 Å². The van der Waals surface area contributed by atoms with Crippen LogP contribution in [0.4, 0.5) is 0 Å². The molecule has 5 nitrogen and oxygen atoms in total. The van der Waals surface area contributed by atoms with Crippen LogP contribution >= 0.6 is 11.6 Å². The third-order valence-electron chi connectivity index (χ3n) is 3.56. The number of hydrogen-bond acceptors (Lipinski definition) is 5. The summed E-state index contributed by atoms with van der Waals surface area (Å²) in [5.74, 6) is -0.347. The number of oxime groups is 1. The van der Waals surface area contributed by atoms with Crippen LogP contribution in [0.25, 0.3) is 0 Å². The Morgan fingerprint density at radius 2 is 1.96 bits per heavy atom. The lowest BCUT2D eigenvalue weighted by Gasteiger charge is -2.14. The second-order valence-electron chi connectivity index (χ2n) is 5.65. The van der Waals surface area contributed by atoms with Gasteiger partial charge >= 0.3 is 5.97 Å². The van der Waals surface area contributed by atoms with Gasteiger partial charge in [-0.15, -0.1) is 0 Å². The summed E-state index contributed by atoms with van der Waals surface area (Å²) in [4.78, 5) is 29.2. The molecule has 0 atom stereocenters. The molecule has 0 saturated carbocycles. The van der Waals surface area contributed by atoms with Gasteiger partial charge in [-0.2, -0.15) is 0 Å². The Labute approximate surface area is 145 Å². The molecule has 1 aromatic rings. The van der Waals surface area contributed by atoms with Crippen LogP contribution in [0.5, 0.6) is 5.75 Å². The van der Waals surface area contributed by atoms with E-state index in [0.717, 1.165) is 0 Å². The lowest BCUT2D eigenvalue weighted by Crippen LogP contribution is -2.16. The van der Waals surface area contributed by atoms with E-state index in [0.29, 0.717) is 27.6 Å². The molecule has 1 aromatic carbocycles. The summed E-state index contributed by atoms with van der Waals surface area (Å²) in [7, 11) is 1.45. The zero-order valence-electron chi connectivity index (χ0n) is 13.9. The van der Waals surface area contributed by atoms with Crippen molar-refractivity contribution in [1.82, 2.24) is 0 Å². The lowest BCUT2D eigenvalue weighted by molar-refractivity contribution is -0.111. The van der Waals surface area contributed by atoms with Gasteiger partial charge in [0.1, 0.15) is 17.0 Å². The smallest absolute Gasteiger partial charge is 0.369 e. The normalized spacial score (nSPS) is 16.1. The largest absolute Gasteiger partial charge is 0.496 e. The molecule has 0 N–H and O–H groups in total. The highest BCUT2D eigenvalue weighted by Gasteiger charge is 2.20. The maximum atomic E-state index is 12.2. The molecule has 0 aromatic heterocycles. The molecular weight excluding hydrogens is 330 g/mol.